The quantitative estimate of drug-likeness (QED) is 0.578. The number of benzene rings is 2. The van der Waals surface area contributed by atoms with Gasteiger partial charge in [-0.1, -0.05) is 11.2 Å². The van der Waals surface area contributed by atoms with Gasteiger partial charge in [-0.2, -0.15) is 18.2 Å². The Morgan fingerprint density at radius 1 is 1.11 bits per heavy atom. The maximum absolute atomic E-state index is 13.7. The van der Waals surface area contributed by atoms with Crippen LogP contribution < -0.4 is 0 Å². The van der Waals surface area contributed by atoms with Crippen molar-refractivity contribution in [3.8, 4) is 11.4 Å². The molecule has 148 valence electrons. The van der Waals surface area contributed by atoms with Gasteiger partial charge < -0.3 is 4.52 Å². The summed E-state index contributed by atoms with van der Waals surface area (Å²) in [7, 11) is -2.93. The molecule has 0 saturated heterocycles. The van der Waals surface area contributed by atoms with Crippen molar-refractivity contribution in [1.29, 1.82) is 0 Å². The summed E-state index contributed by atoms with van der Waals surface area (Å²) in [6.07, 6.45) is -3.42. The Morgan fingerprint density at radius 3 is 2.36 bits per heavy atom. The van der Waals surface area contributed by atoms with Gasteiger partial charge in [-0.15, -0.1) is 0 Å². The molecular weight excluding hydrogens is 405 g/mol. The zero-order valence-electron chi connectivity index (χ0n) is 14.2. The highest BCUT2D eigenvalue weighted by atomic mass is 32.2. The van der Waals surface area contributed by atoms with Crippen molar-refractivity contribution in [3.63, 3.8) is 0 Å². The molecule has 2 aromatic carbocycles. The first-order valence-corrected chi connectivity index (χ1v) is 9.62. The predicted octanol–water partition coefficient (Wildman–Crippen LogP) is 4.69. The Bertz CT molecular complexity index is 1120. The lowest BCUT2D eigenvalue weighted by Crippen LogP contribution is -2.04. The highest BCUT2D eigenvalue weighted by molar-refractivity contribution is 7.93. The van der Waals surface area contributed by atoms with Gasteiger partial charge in [0.05, 0.1) is 16.3 Å². The molecule has 0 aliphatic rings. The van der Waals surface area contributed by atoms with E-state index in [1.54, 1.807) is 0 Å². The Balaban J connectivity index is 1.83. The fraction of sp³-hybridized carbons (Fsp3) is 0.176. The zero-order chi connectivity index (χ0) is 20.5. The topological polar surface area (TPSA) is 68.3 Å². The van der Waals surface area contributed by atoms with Crippen LogP contribution in [-0.4, -0.2) is 20.6 Å². The van der Waals surface area contributed by atoms with Gasteiger partial charge in [-0.25, -0.2) is 17.4 Å². The summed E-state index contributed by atoms with van der Waals surface area (Å²) in [5.74, 6) is -3.27. The first kappa shape index (κ1) is 19.9. The fourth-order valence-electron chi connectivity index (χ4n) is 2.23. The van der Waals surface area contributed by atoms with Crippen molar-refractivity contribution in [3.05, 3.63) is 65.6 Å². The third-order valence-corrected chi connectivity index (χ3v) is 5.48. The monoisotopic (exact) mass is 417 g/mol. The van der Waals surface area contributed by atoms with Crippen molar-refractivity contribution in [2.24, 2.45) is 4.36 Å². The number of alkyl halides is 3. The van der Waals surface area contributed by atoms with Gasteiger partial charge in [0, 0.05) is 28.3 Å². The van der Waals surface area contributed by atoms with E-state index in [0.29, 0.717) is 6.07 Å². The molecule has 11 heteroatoms. The number of nitrogens with zero attached hydrogens (tertiary/aromatic N) is 3. The zero-order valence-corrected chi connectivity index (χ0v) is 15.0. The minimum absolute atomic E-state index is 0.0825. The maximum atomic E-state index is 13.7. The smallest absolute Gasteiger partial charge is 0.329 e. The van der Waals surface area contributed by atoms with Crippen molar-refractivity contribution >= 4 is 9.73 Å². The van der Waals surface area contributed by atoms with Crippen LogP contribution in [0.4, 0.5) is 22.0 Å². The highest BCUT2D eigenvalue weighted by Gasteiger charge is 2.38. The number of hydrogen-bond acceptors (Lipinski definition) is 5. The van der Waals surface area contributed by atoms with Gasteiger partial charge in [-0.05, 0) is 30.3 Å². The summed E-state index contributed by atoms with van der Waals surface area (Å²) in [5, 5.41) is 3.26. The number of aromatic nitrogens is 2. The van der Waals surface area contributed by atoms with E-state index in [1.165, 1.54) is 36.6 Å². The molecule has 0 bridgehead atoms. The molecule has 3 aromatic rings. The summed E-state index contributed by atoms with van der Waals surface area (Å²) >= 11 is 0. The Labute approximate surface area is 156 Å². The van der Waals surface area contributed by atoms with Crippen molar-refractivity contribution in [2.75, 3.05) is 6.26 Å². The molecule has 0 radical (unpaired) electrons. The minimum atomic E-state index is -4.75. The lowest BCUT2D eigenvalue weighted by molar-refractivity contribution is -0.159. The summed E-state index contributed by atoms with van der Waals surface area (Å²) in [6.45, 7) is -0.233. The van der Waals surface area contributed by atoms with Crippen LogP contribution in [-0.2, 0) is 22.5 Å². The van der Waals surface area contributed by atoms with Crippen LogP contribution in [0.2, 0.25) is 0 Å². The molecule has 1 aromatic heterocycles. The van der Waals surface area contributed by atoms with Crippen LogP contribution in [0.25, 0.3) is 11.4 Å². The molecule has 1 unspecified atom stereocenters. The summed E-state index contributed by atoms with van der Waals surface area (Å²) in [5.41, 5.74) is 0.307. The van der Waals surface area contributed by atoms with Gasteiger partial charge in [0.15, 0.2) is 0 Å². The molecule has 5 nitrogen and oxygen atoms in total. The second-order valence-electron chi connectivity index (χ2n) is 5.77. The third kappa shape index (κ3) is 4.35. The first-order chi connectivity index (χ1) is 13.1. The standard InChI is InChI=1S/C17H12F5N3O2S/c1-28(26,23-9-11-2-5-12(18)8-14(11)19)13-6-3-10(4-7-13)15-24-16(27-25-15)17(20,21)22/h2-8H,9H2,1H3. The van der Waals surface area contributed by atoms with E-state index >= 15 is 0 Å². The van der Waals surface area contributed by atoms with E-state index in [0.717, 1.165) is 6.07 Å². The molecule has 0 N–H and O–H groups in total. The largest absolute Gasteiger partial charge is 0.471 e. The van der Waals surface area contributed by atoms with Crippen molar-refractivity contribution < 1.29 is 30.7 Å². The highest BCUT2D eigenvalue weighted by Crippen LogP contribution is 2.29. The second kappa shape index (κ2) is 7.30. The molecule has 0 spiro atoms. The van der Waals surface area contributed by atoms with E-state index in [9.17, 15) is 26.2 Å². The average Bonchev–Trinajstić information content (AvgIpc) is 3.12. The van der Waals surface area contributed by atoms with Crippen LogP contribution in [0.3, 0.4) is 0 Å². The van der Waals surface area contributed by atoms with E-state index in [2.05, 4.69) is 19.0 Å². The maximum Gasteiger partial charge on any atom is 0.471 e. The molecule has 0 fully saturated rings. The molecular formula is C17H12F5N3O2S. The van der Waals surface area contributed by atoms with Gasteiger partial charge in [0.1, 0.15) is 11.6 Å². The number of halogens is 5. The van der Waals surface area contributed by atoms with Gasteiger partial charge >= 0.3 is 12.1 Å². The SMILES string of the molecule is CS(=O)(=NCc1ccc(F)cc1F)c1ccc(-c2noc(C(F)(F)F)n2)cc1. The lowest BCUT2D eigenvalue weighted by atomic mass is 10.2. The lowest BCUT2D eigenvalue weighted by Gasteiger charge is -2.06. The minimum Gasteiger partial charge on any atom is -0.329 e. The second-order valence-corrected chi connectivity index (χ2v) is 8.11. The molecule has 3 rings (SSSR count). The number of rotatable bonds is 4. The number of hydrogen-bond donors (Lipinski definition) is 0. The summed E-state index contributed by atoms with van der Waals surface area (Å²) in [4.78, 5) is 3.54. The molecule has 0 saturated carbocycles. The Morgan fingerprint density at radius 2 is 1.79 bits per heavy atom. The Hall–Kier alpha value is -2.82. The van der Waals surface area contributed by atoms with Crippen molar-refractivity contribution in [1.82, 2.24) is 10.1 Å². The molecule has 0 aliphatic carbocycles. The average molecular weight is 417 g/mol. The van der Waals surface area contributed by atoms with Gasteiger partial charge in [-0.3, -0.25) is 0 Å². The first-order valence-electron chi connectivity index (χ1n) is 7.69. The predicted molar refractivity (Wildman–Crippen MR) is 89.6 cm³/mol. The molecule has 0 amide bonds. The fourth-order valence-corrected chi connectivity index (χ4v) is 3.41. The van der Waals surface area contributed by atoms with Crippen LogP contribution in [0, 0.1) is 11.6 Å². The summed E-state index contributed by atoms with van der Waals surface area (Å²) < 4.78 is 85.1. The van der Waals surface area contributed by atoms with E-state index in [1.807, 2.05) is 0 Å². The van der Waals surface area contributed by atoms with Gasteiger partial charge in [0.25, 0.3) is 0 Å². The van der Waals surface area contributed by atoms with E-state index in [-0.39, 0.29) is 28.4 Å². The molecule has 28 heavy (non-hydrogen) atoms. The molecule has 1 atom stereocenters. The van der Waals surface area contributed by atoms with Gasteiger partial charge in [0.2, 0.25) is 5.82 Å². The molecule has 1 heterocycles. The normalized spacial score (nSPS) is 13.9. The third-order valence-electron chi connectivity index (χ3n) is 3.71. The van der Waals surface area contributed by atoms with Crippen LogP contribution in [0.1, 0.15) is 11.5 Å². The van der Waals surface area contributed by atoms with Crippen LogP contribution in [0.5, 0.6) is 0 Å². The van der Waals surface area contributed by atoms with E-state index in [4.69, 9.17) is 0 Å². The Kier molecular flexibility index (Phi) is 5.20. The summed E-state index contributed by atoms with van der Waals surface area (Å²) in [6, 6.07) is 8.52. The molecule has 0 aliphatic heterocycles. The van der Waals surface area contributed by atoms with Crippen LogP contribution in [0.15, 0.2) is 56.2 Å². The van der Waals surface area contributed by atoms with E-state index < -0.39 is 33.4 Å². The van der Waals surface area contributed by atoms with Crippen LogP contribution >= 0.6 is 0 Å². The van der Waals surface area contributed by atoms with Crippen molar-refractivity contribution in [2.45, 2.75) is 17.6 Å².